The topological polar surface area (TPSA) is 3.24 Å². The third kappa shape index (κ3) is 5.55. The fourth-order valence-electron chi connectivity index (χ4n) is 10.6. The van der Waals surface area contributed by atoms with Crippen molar-refractivity contribution in [3.63, 3.8) is 0 Å². The minimum atomic E-state index is -0.448. The second-order valence-electron chi connectivity index (χ2n) is 16.7. The maximum Gasteiger partial charge on any atom is 0.0714 e. The van der Waals surface area contributed by atoms with Crippen molar-refractivity contribution in [3.05, 3.63) is 259 Å². The van der Waals surface area contributed by atoms with Gasteiger partial charge < -0.3 is 4.90 Å². The first kappa shape index (κ1) is 37.0. The summed E-state index contributed by atoms with van der Waals surface area (Å²) in [6.45, 7) is 0. The quantitative estimate of drug-likeness (QED) is 0.154. The maximum absolute atomic E-state index is 2.46. The zero-order chi connectivity index (χ0) is 42.2. The van der Waals surface area contributed by atoms with Crippen LogP contribution in [-0.2, 0) is 5.41 Å². The molecule has 0 radical (unpaired) electrons. The molecule has 1 aliphatic rings. The van der Waals surface area contributed by atoms with Crippen molar-refractivity contribution < 1.29 is 0 Å². The third-order valence-corrected chi connectivity index (χ3v) is 15.9. The molecule has 13 rings (SSSR count). The summed E-state index contributed by atoms with van der Waals surface area (Å²) in [6.07, 6.45) is 0. The molecule has 0 bridgehead atoms. The smallest absolute Gasteiger partial charge is 0.0714 e. The Morgan fingerprint density at radius 3 is 1.56 bits per heavy atom. The summed E-state index contributed by atoms with van der Waals surface area (Å²) < 4.78 is 5.25. The van der Waals surface area contributed by atoms with Crippen LogP contribution >= 0.6 is 22.7 Å². The van der Waals surface area contributed by atoms with Gasteiger partial charge in [0.15, 0.2) is 0 Å². The van der Waals surface area contributed by atoms with Gasteiger partial charge in [-0.1, -0.05) is 200 Å². The molecule has 2 heterocycles. The Bertz CT molecular complexity index is 3660. The molecule has 1 nitrogen and oxygen atoms in total. The van der Waals surface area contributed by atoms with Gasteiger partial charge >= 0.3 is 0 Å². The van der Waals surface area contributed by atoms with Gasteiger partial charge in [0.05, 0.1) is 15.8 Å². The highest BCUT2D eigenvalue weighted by atomic mass is 32.1. The van der Waals surface area contributed by atoms with Crippen LogP contribution in [0.15, 0.2) is 237 Å². The van der Waals surface area contributed by atoms with Crippen LogP contribution in [-0.4, -0.2) is 0 Å². The van der Waals surface area contributed by atoms with Crippen LogP contribution in [0.1, 0.15) is 22.3 Å². The van der Waals surface area contributed by atoms with E-state index in [0.717, 1.165) is 11.4 Å². The van der Waals surface area contributed by atoms with Crippen molar-refractivity contribution in [2.45, 2.75) is 5.41 Å². The highest BCUT2D eigenvalue weighted by molar-refractivity contribution is 7.27. The Morgan fingerprint density at radius 2 is 0.844 bits per heavy atom. The molecule has 0 fully saturated rings. The van der Waals surface area contributed by atoms with E-state index in [0.29, 0.717) is 0 Å². The lowest BCUT2D eigenvalue weighted by Crippen LogP contribution is -2.28. The molecule has 0 amide bonds. The van der Waals surface area contributed by atoms with E-state index in [9.17, 15) is 0 Å². The van der Waals surface area contributed by atoms with Crippen LogP contribution in [0.25, 0.3) is 73.7 Å². The van der Waals surface area contributed by atoms with E-state index in [1.807, 2.05) is 22.7 Å². The summed E-state index contributed by atoms with van der Waals surface area (Å²) >= 11 is 3.81. The molecule has 0 aliphatic heterocycles. The third-order valence-electron chi connectivity index (χ3n) is 13.4. The SMILES string of the molecule is c1ccc(-c2ccc(N(c3ccc(-c4cccc5c4sc4ccccc45)cc3)c3cccc4c3sc3c5c(ccc34)C(c3ccccc3)(c3ccccc3)c3ccccc3-5)cc2)cc1. The number of thiophene rings is 2. The van der Waals surface area contributed by atoms with E-state index in [4.69, 9.17) is 0 Å². The van der Waals surface area contributed by atoms with Gasteiger partial charge in [-0.2, -0.15) is 0 Å². The van der Waals surface area contributed by atoms with Gasteiger partial charge in [0.1, 0.15) is 0 Å². The first-order valence-electron chi connectivity index (χ1n) is 21.9. The molecule has 12 aromatic rings. The van der Waals surface area contributed by atoms with Crippen molar-refractivity contribution in [1.29, 1.82) is 0 Å². The lowest BCUT2D eigenvalue weighted by atomic mass is 9.68. The predicted octanol–water partition coefficient (Wildman–Crippen LogP) is 17.6. The molecule has 2 aromatic heterocycles. The van der Waals surface area contributed by atoms with Crippen LogP contribution in [0.3, 0.4) is 0 Å². The van der Waals surface area contributed by atoms with E-state index < -0.39 is 5.41 Å². The van der Waals surface area contributed by atoms with Gasteiger partial charge in [-0.3, -0.25) is 0 Å². The Kier molecular flexibility index (Phi) is 8.55. The molecule has 300 valence electrons. The van der Waals surface area contributed by atoms with Crippen LogP contribution in [0, 0.1) is 0 Å². The number of benzene rings is 10. The fraction of sp³-hybridized carbons (Fsp3) is 0.0164. The summed E-state index contributed by atoms with van der Waals surface area (Å²) in [5, 5.41) is 5.20. The first-order chi connectivity index (χ1) is 31.8. The van der Waals surface area contributed by atoms with Crippen molar-refractivity contribution in [1.82, 2.24) is 0 Å². The number of hydrogen-bond donors (Lipinski definition) is 0. The predicted molar refractivity (Wildman–Crippen MR) is 275 cm³/mol. The van der Waals surface area contributed by atoms with E-state index in [1.54, 1.807) is 0 Å². The zero-order valence-electron chi connectivity index (χ0n) is 34.8. The van der Waals surface area contributed by atoms with Crippen molar-refractivity contribution in [2.75, 3.05) is 4.90 Å². The number of rotatable bonds is 7. The van der Waals surface area contributed by atoms with Crippen LogP contribution < -0.4 is 4.90 Å². The number of nitrogens with zero attached hydrogens (tertiary/aromatic N) is 1. The minimum absolute atomic E-state index is 0.448. The Balaban J connectivity index is 1.02. The van der Waals surface area contributed by atoms with Crippen LogP contribution in [0.4, 0.5) is 17.1 Å². The van der Waals surface area contributed by atoms with Gasteiger partial charge in [0, 0.05) is 52.6 Å². The molecule has 3 heteroatoms. The lowest BCUT2D eigenvalue weighted by Gasteiger charge is -2.33. The molecular weight excluding hydrogens is 811 g/mol. The largest absolute Gasteiger partial charge is 0.309 e. The van der Waals surface area contributed by atoms with Crippen LogP contribution in [0.2, 0.25) is 0 Å². The molecule has 0 saturated heterocycles. The van der Waals surface area contributed by atoms with Crippen LogP contribution in [0.5, 0.6) is 0 Å². The normalized spacial score (nSPS) is 12.8. The fourth-order valence-corrected chi connectivity index (χ4v) is 13.2. The maximum atomic E-state index is 2.46. The van der Waals surface area contributed by atoms with Gasteiger partial charge in [-0.05, 0) is 86.5 Å². The minimum Gasteiger partial charge on any atom is -0.309 e. The van der Waals surface area contributed by atoms with Gasteiger partial charge in [0.2, 0.25) is 0 Å². The van der Waals surface area contributed by atoms with Crippen molar-refractivity contribution >= 4 is 80.1 Å². The second-order valence-corrected chi connectivity index (χ2v) is 18.8. The Morgan fingerprint density at radius 1 is 0.312 bits per heavy atom. The molecule has 10 aromatic carbocycles. The van der Waals surface area contributed by atoms with Crippen molar-refractivity contribution in [3.8, 4) is 33.4 Å². The monoisotopic (exact) mass is 849 g/mol. The summed E-state index contributed by atoms with van der Waals surface area (Å²) in [7, 11) is 0. The summed E-state index contributed by atoms with van der Waals surface area (Å²) in [5.41, 5.74) is 15.7. The first-order valence-corrected chi connectivity index (χ1v) is 23.5. The lowest BCUT2D eigenvalue weighted by molar-refractivity contribution is 0.769. The average Bonchev–Trinajstić information content (AvgIpc) is 4.04. The van der Waals surface area contributed by atoms with Gasteiger partial charge in [-0.15, -0.1) is 22.7 Å². The van der Waals surface area contributed by atoms with E-state index in [-0.39, 0.29) is 0 Å². The Hall–Kier alpha value is -7.56. The Labute approximate surface area is 380 Å². The number of hydrogen-bond acceptors (Lipinski definition) is 3. The summed E-state index contributed by atoms with van der Waals surface area (Å²) in [4.78, 5) is 2.46. The molecule has 1 aliphatic carbocycles. The molecule has 0 N–H and O–H groups in total. The molecule has 0 spiro atoms. The number of anilines is 3. The molecule has 0 saturated carbocycles. The van der Waals surface area contributed by atoms with Gasteiger partial charge in [-0.25, -0.2) is 0 Å². The van der Waals surface area contributed by atoms with Gasteiger partial charge in [0.25, 0.3) is 0 Å². The standard InChI is InChI=1S/C61H39NS2/c1-4-16-40(17-5-1)41-30-34-45(35-31-41)62(46-36-32-42(33-37-46)47-24-14-25-49-48-22-11-13-29-56(48)63-58(47)49)55-28-15-26-50-51-38-39-54-57(60(51)64-59(50)55)52-23-10-12-27-53(52)61(54,43-18-6-2-7-19-43)44-20-8-3-9-21-44/h1-39H. The highest BCUT2D eigenvalue weighted by Gasteiger charge is 2.46. The molecular formula is C61H39NS2. The van der Waals surface area contributed by atoms with E-state index in [2.05, 4.69) is 241 Å². The zero-order valence-corrected chi connectivity index (χ0v) is 36.4. The summed E-state index contributed by atoms with van der Waals surface area (Å²) in [5.74, 6) is 0. The highest BCUT2D eigenvalue weighted by Crippen LogP contribution is 2.60. The van der Waals surface area contributed by atoms with Crippen molar-refractivity contribution in [2.24, 2.45) is 0 Å². The van der Waals surface area contributed by atoms with E-state index in [1.165, 1.54) is 102 Å². The molecule has 0 atom stereocenters. The second kappa shape index (κ2) is 14.8. The van der Waals surface area contributed by atoms with E-state index >= 15 is 0 Å². The summed E-state index contributed by atoms with van der Waals surface area (Å²) in [6, 6.07) is 87.5. The number of fused-ring (bicyclic) bond motifs is 10. The average molecular weight is 850 g/mol. The molecule has 0 unspecified atom stereocenters. The molecule has 64 heavy (non-hydrogen) atoms.